The molecule has 1 aromatic rings. The molecule has 0 bridgehead atoms. The number of nitro benzene ring substituents is 1. The minimum Gasteiger partial charge on any atom is -0.493 e. The lowest BCUT2D eigenvalue weighted by molar-refractivity contribution is -0.386. The summed E-state index contributed by atoms with van der Waals surface area (Å²) in [5.41, 5.74) is 7.84. The molecule has 0 saturated heterocycles. The predicted molar refractivity (Wildman–Crippen MR) is 85.4 cm³/mol. The molecule has 11 heteroatoms. The molecule has 1 unspecified atom stereocenters. The van der Waals surface area contributed by atoms with Gasteiger partial charge in [0.2, 0.25) is 0 Å². The highest BCUT2D eigenvalue weighted by molar-refractivity contribution is 5.69. The van der Waals surface area contributed by atoms with Gasteiger partial charge in [0.05, 0.1) is 50.0 Å². The average molecular weight is 354 g/mol. The molecule has 0 spiro atoms. The van der Waals surface area contributed by atoms with Gasteiger partial charge >= 0.3 is 5.97 Å². The number of carbonyl (C=O) groups excluding carboxylic acids is 1. The number of aliphatic hydroxyl groups is 1. The lowest BCUT2D eigenvalue weighted by Crippen LogP contribution is -2.08. The number of esters is 1. The number of benzene rings is 1. The van der Waals surface area contributed by atoms with Crippen molar-refractivity contribution in [1.82, 2.24) is 0 Å². The lowest BCUT2D eigenvalue weighted by atomic mass is 10.1. The Hall–Kier alpha value is -3.04. The molecule has 1 N–H and O–H groups in total. The summed E-state index contributed by atoms with van der Waals surface area (Å²) in [7, 11) is 2.61. The Labute approximate surface area is 142 Å². The number of aliphatic hydroxyl groups excluding tert-OH is 1. The monoisotopic (exact) mass is 354 g/mol. The molecule has 0 fully saturated rings. The minimum atomic E-state index is -1.36. The number of rotatable bonds is 10. The van der Waals surface area contributed by atoms with E-state index in [0.717, 1.165) is 6.07 Å². The van der Waals surface area contributed by atoms with E-state index >= 15 is 0 Å². The van der Waals surface area contributed by atoms with Gasteiger partial charge in [0.15, 0.2) is 11.5 Å². The van der Waals surface area contributed by atoms with Gasteiger partial charge in [-0.15, -0.1) is 0 Å². The molecule has 1 rings (SSSR count). The van der Waals surface area contributed by atoms with Crippen LogP contribution in [0.25, 0.3) is 10.4 Å². The maximum absolute atomic E-state index is 11.2. The average Bonchev–Trinajstić information content (AvgIpc) is 2.62. The predicted octanol–water partition coefficient (Wildman–Crippen LogP) is 2.28. The zero-order valence-electron chi connectivity index (χ0n) is 13.7. The Bertz CT molecular complexity index is 673. The molecular formula is C14H18N4O7. The number of azide groups is 1. The van der Waals surface area contributed by atoms with Crippen molar-refractivity contribution >= 4 is 11.7 Å². The first-order valence-corrected chi connectivity index (χ1v) is 7.19. The van der Waals surface area contributed by atoms with Gasteiger partial charge < -0.3 is 19.3 Å². The van der Waals surface area contributed by atoms with E-state index in [4.69, 9.17) is 15.0 Å². The molecule has 0 aliphatic carbocycles. The lowest BCUT2D eigenvalue weighted by Gasteiger charge is -2.14. The van der Waals surface area contributed by atoms with Crippen molar-refractivity contribution in [3.05, 3.63) is 38.3 Å². The Morgan fingerprint density at radius 2 is 2.16 bits per heavy atom. The third kappa shape index (κ3) is 5.83. The summed E-state index contributed by atoms with van der Waals surface area (Å²) in [5.74, 6) is -0.129. The van der Waals surface area contributed by atoms with Gasteiger partial charge in [-0.25, -0.2) is 0 Å². The number of hydrogen-bond acceptors (Lipinski definition) is 8. The molecule has 0 aliphatic rings. The van der Waals surface area contributed by atoms with Gasteiger partial charge in [-0.3, -0.25) is 14.9 Å². The Morgan fingerprint density at radius 1 is 1.44 bits per heavy atom. The van der Waals surface area contributed by atoms with Crippen molar-refractivity contribution < 1.29 is 29.0 Å². The van der Waals surface area contributed by atoms with Crippen LogP contribution in [0.15, 0.2) is 17.2 Å². The molecular weight excluding hydrogens is 336 g/mol. The van der Waals surface area contributed by atoms with Crippen molar-refractivity contribution in [2.75, 3.05) is 27.4 Å². The molecule has 0 saturated carbocycles. The van der Waals surface area contributed by atoms with Gasteiger partial charge in [-0.2, -0.15) is 0 Å². The first kappa shape index (κ1) is 20.0. The van der Waals surface area contributed by atoms with Crippen LogP contribution in [0.2, 0.25) is 0 Å². The third-order valence-corrected chi connectivity index (χ3v) is 3.20. The second kappa shape index (κ2) is 9.96. The zero-order valence-corrected chi connectivity index (χ0v) is 13.7. The van der Waals surface area contributed by atoms with Crippen molar-refractivity contribution in [3.63, 3.8) is 0 Å². The van der Waals surface area contributed by atoms with Crippen LogP contribution < -0.4 is 9.47 Å². The number of carbonyl (C=O) groups is 1. The van der Waals surface area contributed by atoms with Crippen LogP contribution in [0.1, 0.15) is 24.5 Å². The van der Waals surface area contributed by atoms with Gasteiger partial charge in [0.1, 0.15) is 0 Å². The fourth-order valence-corrected chi connectivity index (χ4v) is 1.98. The van der Waals surface area contributed by atoms with Crippen molar-refractivity contribution in [2.45, 2.75) is 18.9 Å². The van der Waals surface area contributed by atoms with Gasteiger partial charge in [-0.05, 0) is 18.0 Å². The highest BCUT2D eigenvalue weighted by Gasteiger charge is 2.24. The Kier molecular flexibility index (Phi) is 7.97. The molecule has 136 valence electrons. The molecule has 0 radical (unpaired) electrons. The summed E-state index contributed by atoms with van der Waals surface area (Å²) in [4.78, 5) is 24.1. The highest BCUT2D eigenvalue weighted by Crippen LogP contribution is 2.37. The molecule has 0 heterocycles. The summed E-state index contributed by atoms with van der Waals surface area (Å²) in [5, 5.41) is 24.4. The molecule has 1 atom stereocenters. The van der Waals surface area contributed by atoms with Gasteiger partial charge in [0.25, 0.3) is 5.69 Å². The third-order valence-electron chi connectivity index (χ3n) is 3.20. The van der Waals surface area contributed by atoms with Crippen molar-refractivity contribution in [3.8, 4) is 11.5 Å². The Morgan fingerprint density at radius 3 is 2.72 bits per heavy atom. The fraction of sp³-hybridized carbons (Fsp3) is 0.500. The van der Waals surface area contributed by atoms with E-state index in [1.165, 1.54) is 20.3 Å². The van der Waals surface area contributed by atoms with Crippen molar-refractivity contribution in [1.29, 1.82) is 0 Å². The molecule has 0 amide bonds. The molecule has 11 nitrogen and oxygen atoms in total. The molecule has 25 heavy (non-hydrogen) atoms. The van der Waals surface area contributed by atoms with E-state index in [9.17, 15) is 20.0 Å². The molecule has 1 aromatic carbocycles. The van der Waals surface area contributed by atoms with E-state index in [-0.39, 0.29) is 36.6 Å². The topological polar surface area (TPSA) is 157 Å². The molecule has 0 aromatic heterocycles. The summed E-state index contributed by atoms with van der Waals surface area (Å²) in [6.07, 6.45) is -0.868. The summed E-state index contributed by atoms with van der Waals surface area (Å²) < 4.78 is 15.1. The largest absolute Gasteiger partial charge is 0.493 e. The second-order valence-corrected chi connectivity index (χ2v) is 4.78. The van der Waals surface area contributed by atoms with Crippen LogP contribution in [-0.2, 0) is 9.53 Å². The smallest absolute Gasteiger partial charge is 0.305 e. The zero-order chi connectivity index (χ0) is 18.8. The van der Waals surface area contributed by atoms with E-state index in [1.54, 1.807) is 0 Å². The minimum absolute atomic E-state index is 0.0591. The summed E-state index contributed by atoms with van der Waals surface area (Å²) in [6, 6.07) is 2.37. The maximum atomic E-state index is 11.2. The Balaban J connectivity index is 3.02. The normalized spacial score (nSPS) is 11.2. The number of ether oxygens (including phenoxy) is 3. The van der Waals surface area contributed by atoms with Crippen LogP contribution >= 0.6 is 0 Å². The SMILES string of the molecule is COC(=O)CCCOc1cc([N+](=O)[O-])c(C(O)CN=[N+]=[N-])cc1OC. The summed E-state index contributed by atoms with van der Waals surface area (Å²) >= 11 is 0. The van der Waals surface area contributed by atoms with Gasteiger partial charge in [0, 0.05) is 11.3 Å². The van der Waals surface area contributed by atoms with E-state index in [0.29, 0.717) is 6.42 Å². The van der Waals surface area contributed by atoms with Crippen LogP contribution in [0.4, 0.5) is 5.69 Å². The second-order valence-electron chi connectivity index (χ2n) is 4.78. The fourth-order valence-electron chi connectivity index (χ4n) is 1.98. The highest BCUT2D eigenvalue weighted by atomic mass is 16.6. The van der Waals surface area contributed by atoms with Crippen LogP contribution in [0.5, 0.6) is 11.5 Å². The summed E-state index contributed by atoms with van der Waals surface area (Å²) in [6.45, 7) is -0.247. The first-order chi connectivity index (χ1) is 11.9. The number of nitrogens with zero attached hydrogens (tertiary/aromatic N) is 4. The van der Waals surface area contributed by atoms with Gasteiger partial charge in [-0.1, -0.05) is 5.11 Å². The quantitative estimate of drug-likeness (QED) is 0.128. The van der Waals surface area contributed by atoms with E-state index in [2.05, 4.69) is 14.8 Å². The number of hydrogen-bond donors (Lipinski definition) is 1. The van der Waals surface area contributed by atoms with E-state index < -0.39 is 22.7 Å². The number of nitro groups is 1. The molecule has 0 aliphatic heterocycles. The first-order valence-electron chi connectivity index (χ1n) is 7.19. The van der Waals surface area contributed by atoms with Crippen LogP contribution in [0, 0.1) is 10.1 Å². The number of methoxy groups -OCH3 is 2. The van der Waals surface area contributed by atoms with Crippen LogP contribution in [0.3, 0.4) is 0 Å². The van der Waals surface area contributed by atoms with Crippen LogP contribution in [-0.4, -0.2) is 43.4 Å². The van der Waals surface area contributed by atoms with Crippen molar-refractivity contribution in [2.24, 2.45) is 5.11 Å². The van der Waals surface area contributed by atoms with E-state index in [1.807, 2.05) is 0 Å². The standard InChI is InChI=1S/C14H18N4O7/c1-23-12-6-9(11(19)8-16-17-15)10(18(21)22)7-13(12)25-5-3-4-14(20)24-2/h6-7,11,19H,3-5,8H2,1-2H3. The maximum Gasteiger partial charge on any atom is 0.305 e.